The van der Waals surface area contributed by atoms with E-state index in [2.05, 4.69) is 0 Å². The number of rotatable bonds is 0. The van der Waals surface area contributed by atoms with Crippen molar-refractivity contribution in [1.82, 2.24) is 0 Å². The molecule has 4 heteroatoms. The maximum atomic E-state index is 12.0. The Kier molecular flexibility index (Phi) is 2.73. The quantitative estimate of drug-likeness (QED) is 0.699. The largest absolute Gasteiger partial charge is 0.488 e. The van der Waals surface area contributed by atoms with Crippen LogP contribution in [0.25, 0.3) is 0 Å². The lowest BCUT2D eigenvalue weighted by Crippen LogP contribution is -2.27. The summed E-state index contributed by atoms with van der Waals surface area (Å²) in [6.45, 7) is 5.77. The number of nitrogens with zero attached hydrogens (tertiary/aromatic N) is 1. The Balaban J connectivity index is 2.69. The summed E-state index contributed by atoms with van der Waals surface area (Å²) in [5, 5.41) is 0. The highest BCUT2D eigenvalue weighted by Crippen LogP contribution is 2.40. The SMILES string of the molecule is Cc1cc(N)c(C)c2c1OC(C)CC(=O)N2C. The number of carbonyl (C=O) groups is 1. The molecule has 1 aromatic rings. The minimum absolute atomic E-state index is 0.0596. The van der Waals surface area contributed by atoms with Crippen molar-refractivity contribution in [2.75, 3.05) is 17.7 Å². The first-order valence-corrected chi connectivity index (χ1v) is 5.74. The second-order valence-corrected chi connectivity index (χ2v) is 4.67. The van der Waals surface area contributed by atoms with Gasteiger partial charge in [0, 0.05) is 12.7 Å². The van der Waals surface area contributed by atoms with Crippen LogP contribution in [0.4, 0.5) is 11.4 Å². The number of fused-ring (bicyclic) bond motifs is 1. The topological polar surface area (TPSA) is 55.6 Å². The van der Waals surface area contributed by atoms with Gasteiger partial charge in [-0.15, -0.1) is 0 Å². The summed E-state index contributed by atoms with van der Waals surface area (Å²) in [7, 11) is 1.77. The predicted molar refractivity (Wildman–Crippen MR) is 68.4 cm³/mol. The molecule has 1 aliphatic rings. The summed E-state index contributed by atoms with van der Waals surface area (Å²) in [6.07, 6.45) is 0.289. The molecule has 1 heterocycles. The third-order valence-corrected chi connectivity index (χ3v) is 3.22. The van der Waals surface area contributed by atoms with Gasteiger partial charge in [0.15, 0.2) is 0 Å². The number of hydrogen-bond acceptors (Lipinski definition) is 3. The van der Waals surface area contributed by atoms with Crippen molar-refractivity contribution in [2.45, 2.75) is 33.3 Å². The van der Waals surface area contributed by atoms with E-state index in [0.29, 0.717) is 12.1 Å². The van der Waals surface area contributed by atoms with Crippen molar-refractivity contribution >= 4 is 17.3 Å². The van der Waals surface area contributed by atoms with E-state index in [0.717, 1.165) is 22.6 Å². The Morgan fingerprint density at radius 3 is 2.76 bits per heavy atom. The molecule has 0 saturated carbocycles. The second kappa shape index (κ2) is 3.95. The number of nitrogen functional groups attached to an aromatic ring is 1. The molecule has 1 aromatic carbocycles. The molecule has 1 atom stereocenters. The molecule has 0 saturated heterocycles. The highest BCUT2D eigenvalue weighted by Gasteiger charge is 2.27. The van der Waals surface area contributed by atoms with Gasteiger partial charge in [-0.2, -0.15) is 0 Å². The van der Waals surface area contributed by atoms with Crippen molar-refractivity contribution in [1.29, 1.82) is 0 Å². The maximum absolute atomic E-state index is 12.0. The zero-order chi connectivity index (χ0) is 12.7. The highest BCUT2D eigenvalue weighted by atomic mass is 16.5. The van der Waals surface area contributed by atoms with Gasteiger partial charge in [-0.3, -0.25) is 4.79 Å². The van der Waals surface area contributed by atoms with Crippen LogP contribution in [-0.2, 0) is 4.79 Å². The molecule has 0 aromatic heterocycles. The number of anilines is 2. The lowest BCUT2D eigenvalue weighted by atomic mass is 10.1. The lowest BCUT2D eigenvalue weighted by molar-refractivity contribution is -0.119. The number of aryl methyl sites for hydroxylation is 1. The number of amides is 1. The van der Waals surface area contributed by atoms with E-state index in [1.165, 1.54) is 0 Å². The zero-order valence-electron chi connectivity index (χ0n) is 10.7. The molecular formula is C13H18N2O2. The minimum atomic E-state index is -0.104. The van der Waals surface area contributed by atoms with Crippen molar-refractivity contribution in [2.24, 2.45) is 0 Å². The molecule has 2 rings (SSSR count). The van der Waals surface area contributed by atoms with E-state index in [1.807, 2.05) is 26.8 Å². The van der Waals surface area contributed by atoms with Gasteiger partial charge < -0.3 is 15.4 Å². The zero-order valence-corrected chi connectivity index (χ0v) is 10.7. The number of carbonyl (C=O) groups excluding carboxylic acids is 1. The monoisotopic (exact) mass is 234 g/mol. The van der Waals surface area contributed by atoms with Gasteiger partial charge in [0.1, 0.15) is 11.9 Å². The maximum Gasteiger partial charge on any atom is 0.230 e. The van der Waals surface area contributed by atoms with E-state index in [9.17, 15) is 4.79 Å². The molecule has 1 amide bonds. The van der Waals surface area contributed by atoms with E-state index >= 15 is 0 Å². The smallest absolute Gasteiger partial charge is 0.230 e. The number of nitrogens with two attached hydrogens (primary N) is 1. The first-order chi connectivity index (χ1) is 7.91. The summed E-state index contributed by atoms with van der Waals surface area (Å²) in [5.41, 5.74) is 9.31. The van der Waals surface area contributed by atoms with Crippen LogP contribution in [0.3, 0.4) is 0 Å². The summed E-state index contributed by atoms with van der Waals surface area (Å²) < 4.78 is 5.85. The standard InChI is InChI=1S/C13H18N2O2/c1-7-5-10(14)9(3)12-13(7)17-8(2)6-11(16)15(12)4/h5,8H,6,14H2,1-4H3. The Morgan fingerprint density at radius 2 is 2.12 bits per heavy atom. The average Bonchev–Trinajstić information content (AvgIpc) is 2.35. The summed E-state index contributed by atoms with van der Waals surface area (Å²) in [6, 6.07) is 1.89. The fourth-order valence-electron chi connectivity index (χ4n) is 2.20. The predicted octanol–water partition coefficient (Wildman–Crippen LogP) is 2.02. The molecular weight excluding hydrogens is 216 g/mol. The minimum Gasteiger partial charge on any atom is -0.488 e. The fourth-order valence-corrected chi connectivity index (χ4v) is 2.20. The molecule has 1 unspecified atom stereocenters. The fraction of sp³-hybridized carbons (Fsp3) is 0.462. The molecule has 1 aliphatic heterocycles. The van der Waals surface area contributed by atoms with Crippen LogP contribution >= 0.6 is 0 Å². The third-order valence-electron chi connectivity index (χ3n) is 3.22. The van der Waals surface area contributed by atoms with Gasteiger partial charge in [-0.1, -0.05) is 0 Å². The van der Waals surface area contributed by atoms with Gasteiger partial charge in [-0.25, -0.2) is 0 Å². The number of hydrogen-bond donors (Lipinski definition) is 1. The molecule has 4 nitrogen and oxygen atoms in total. The molecule has 0 aliphatic carbocycles. The van der Waals surface area contributed by atoms with Crippen molar-refractivity contribution in [3.05, 3.63) is 17.2 Å². The normalized spacial score (nSPS) is 19.6. The number of ether oxygens (including phenoxy) is 1. The van der Waals surface area contributed by atoms with Crippen LogP contribution in [0.1, 0.15) is 24.5 Å². The van der Waals surface area contributed by atoms with Gasteiger partial charge in [0.05, 0.1) is 12.1 Å². The Morgan fingerprint density at radius 1 is 1.47 bits per heavy atom. The average molecular weight is 234 g/mol. The molecule has 17 heavy (non-hydrogen) atoms. The van der Waals surface area contributed by atoms with Crippen LogP contribution in [0.5, 0.6) is 5.75 Å². The summed E-state index contributed by atoms with van der Waals surface area (Å²) in [5.74, 6) is 0.835. The van der Waals surface area contributed by atoms with Crippen LogP contribution in [0.15, 0.2) is 6.07 Å². The first-order valence-electron chi connectivity index (χ1n) is 5.74. The van der Waals surface area contributed by atoms with E-state index in [-0.39, 0.29) is 12.0 Å². The van der Waals surface area contributed by atoms with Crippen molar-refractivity contribution in [3.8, 4) is 5.75 Å². The van der Waals surface area contributed by atoms with Crippen molar-refractivity contribution in [3.63, 3.8) is 0 Å². The van der Waals surface area contributed by atoms with E-state index in [4.69, 9.17) is 10.5 Å². The Bertz CT molecular complexity index is 483. The van der Waals surface area contributed by atoms with Crippen LogP contribution in [0, 0.1) is 13.8 Å². The van der Waals surface area contributed by atoms with Crippen LogP contribution in [0.2, 0.25) is 0 Å². The van der Waals surface area contributed by atoms with Gasteiger partial charge in [0.25, 0.3) is 0 Å². The van der Waals surface area contributed by atoms with Crippen LogP contribution < -0.4 is 15.4 Å². The molecule has 92 valence electrons. The third kappa shape index (κ3) is 1.84. The molecule has 2 N–H and O–H groups in total. The highest BCUT2D eigenvalue weighted by molar-refractivity contribution is 5.97. The lowest BCUT2D eigenvalue weighted by Gasteiger charge is -2.21. The van der Waals surface area contributed by atoms with E-state index < -0.39 is 0 Å². The number of benzene rings is 1. The second-order valence-electron chi connectivity index (χ2n) is 4.67. The van der Waals surface area contributed by atoms with Gasteiger partial charge in [-0.05, 0) is 38.0 Å². The molecule has 0 radical (unpaired) electrons. The summed E-state index contributed by atoms with van der Waals surface area (Å²) >= 11 is 0. The molecule has 0 spiro atoms. The van der Waals surface area contributed by atoms with Gasteiger partial charge in [0.2, 0.25) is 5.91 Å². The first kappa shape index (κ1) is 11.8. The van der Waals surface area contributed by atoms with Crippen LogP contribution in [-0.4, -0.2) is 19.1 Å². The van der Waals surface area contributed by atoms with Gasteiger partial charge >= 0.3 is 0 Å². The van der Waals surface area contributed by atoms with Crippen molar-refractivity contribution < 1.29 is 9.53 Å². The summed E-state index contributed by atoms with van der Waals surface area (Å²) in [4.78, 5) is 13.6. The van der Waals surface area contributed by atoms with E-state index in [1.54, 1.807) is 11.9 Å². The Labute approximate surface area is 101 Å². The molecule has 0 bridgehead atoms. The molecule has 0 fully saturated rings. The Hall–Kier alpha value is -1.71.